The van der Waals surface area contributed by atoms with Crippen LogP contribution in [-0.2, 0) is 12.8 Å². The van der Waals surface area contributed by atoms with Gasteiger partial charge in [0.05, 0.1) is 6.26 Å². The van der Waals surface area contributed by atoms with Gasteiger partial charge in [0.1, 0.15) is 5.76 Å². The first-order valence-corrected chi connectivity index (χ1v) is 6.94. The van der Waals surface area contributed by atoms with Crippen LogP contribution in [0.25, 0.3) is 0 Å². The lowest BCUT2D eigenvalue weighted by molar-refractivity contribution is 0.460. The Morgan fingerprint density at radius 2 is 1.89 bits per heavy atom. The molecule has 2 aromatic rings. The molecule has 1 heterocycles. The Morgan fingerprint density at radius 3 is 2.47 bits per heavy atom. The molecule has 0 amide bonds. The van der Waals surface area contributed by atoms with Gasteiger partial charge in [0.25, 0.3) is 0 Å². The Labute approximate surface area is 115 Å². The summed E-state index contributed by atoms with van der Waals surface area (Å²) in [6, 6.07) is 11.3. The average molecular weight is 257 g/mol. The molecule has 1 aromatic heterocycles. The van der Waals surface area contributed by atoms with Crippen molar-refractivity contribution in [2.24, 2.45) is 0 Å². The lowest BCUT2D eigenvalue weighted by Crippen LogP contribution is -2.28. The molecule has 0 aliphatic heterocycles. The summed E-state index contributed by atoms with van der Waals surface area (Å²) in [6.45, 7) is 4.32. The summed E-state index contributed by atoms with van der Waals surface area (Å²) in [5.74, 6) is 1.07. The minimum absolute atomic E-state index is 0.492. The van der Waals surface area contributed by atoms with Gasteiger partial charge in [-0.1, -0.05) is 29.3 Å². The Bertz CT molecular complexity index is 482. The van der Waals surface area contributed by atoms with Gasteiger partial charge in [-0.05, 0) is 51.4 Å². The molecule has 2 rings (SSSR count). The number of benzene rings is 1. The van der Waals surface area contributed by atoms with Crippen LogP contribution in [0.3, 0.4) is 0 Å². The smallest absolute Gasteiger partial charge is 0.103 e. The normalized spacial score (nSPS) is 12.6. The summed E-state index contributed by atoms with van der Waals surface area (Å²) in [4.78, 5) is 0. The first-order chi connectivity index (χ1) is 9.17. The van der Waals surface area contributed by atoms with Gasteiger partial charge < -0.3 is 9.73 Å². The van der Waals surface area contributed by atoms with Gasteiger partial charge in [0.15, 0.2) is 0 Å². The van der Waals surface area contributed by atoms with Gasteiger partial charge in [-0.25, -0.2) is 0 Å². The van der Waals surface area contributed by atoms with E-state index in [-0.39, 0.29) is 0 Å². The van der Waals surface area contributed by atoms with Crippen LogP contribution in [-0.4, -0.2) is 13.1 Å². The Hall–Kier alpha value is -1.54. The van der Waals surface area contributed by atoms with Crippen molar-refractivity contribution in [2.75, 3.05) is 7.05 Å². The molecule has 2 heteroatoms. The highest BCUT2D eigenvalue weighted by molar-refractivity contribution is 5.29. The maximum atomic E-state index is 5.39. The predicted octanol–water partition coefficient (Wildman–Crippen LogP) is 3.66. The summed E-state index contributed by atoms with van der Waals surface area (Å²) in [5.41, 5.74) is 4.10. The van der Waals surface area contributed by atoms with Gasteiger partial charge in [-0.2, -0.15) is 0 Å². The van der Waals surface area contributed by atoms with E-state index in [1.165, 1.54) is 16.7 Å². The van der Waals surface area contributed by atoms with E-state index in [1.54, 1.807) is 6.26 Å². The topological polar surface area (TPSA) is 25.2 Å². The van der Waals surface area contributed by atoms with Crippen LogP contribution >= 0.6 is 0 Å². The number of furan rings is 1. The second-order valence-corrected chi connectivity index (χ2v) is 5.30. The zero-order valence-corrected chi connectivity index (χ0v) is 12.1. The van der Waals surface area contributed by atoms with Crippen molar-refractivity contribution in [3.05, 3.63) is 59.0 Å². The highest BCUT2D eigenvalue weighted by Gasteiger charge is 2.09. The molecule has 0 aliphatic rings. The SMILES string of the molecule is CNC(CCc1ccco1)Cc1cc(C)cc(C)c1. The lowest BCUT2D eigenvalue weighted by Gasteiger charge is -2.16. The standard InChI is InChI=1S/C17H23NO/c1-13-9-14(2)11-15(10-13)12-16(18-3)6-7-17-5-4-8-19-17/h4-5,8-11,16,18H,6-7,12H2,1-3H3. The quantitative estimate of drug-likeness (QED) is 0.854. The van der Waals surface area contributed by atoms with E-state index in [0.717, 1.165) is 25.0 Å². The van der Waals surface area contributed by atoms with Gasteiger partial charge in [0, 0.05) is 12.5 Å². The van der Waals surface area contributed by atoms with E-state index in [9.17, 15) is 0 Å². The Kier molecular flexibility index (Phi) is 4.80. The Balaban J connectivity index is 1.94. The second kappa shape index (κ2) is 6.58. The second-order valence-electron chi connectivity index (χ2n) is 5.30. The average Bonchev–Trinajstić information content (AvgIpc) is 2.86. The van der Waals surface area contributed by atoms with E-state index >= 15 is 0 Å². The number of nitrogens with one attached hydrogen (secondary N) is 1. The van der Waals surface area contributed by atoms with E-state index in [0.29, 0.717) is 6.04 Å². The van der Waals surface area contributed by atoms with Crippen LogP contribution in [0.1, 0.15) is 28.9 Å². The molecule has 0 radical (unpaired) electrons. The first kappa shape index (κ1) is 13.9. The molecule has 0 fully saturated rings. The maximum Gasteiger partial charge on any atom is 0.103 e. The fraction of sp³-hybridized carbons (Fsp3) is 0.412. The van der Waals surface area contributed by atoms with Crippen molar-refractivity contribution in [3.8, 4) is 0 Å². The summed E-state index contributed by atoms with van der Waals surface area (Å²) < 4.78 is 5.39. The molecule has 2 nitrogen and oxygen atoms in total. The zero-order chi connectivity index (χ0) is 13.7. The van der Waals surface area contributed by atoms with Crippen LogP contribution in [0.15, 0.2) is 41.0 Å². The molecule has 1 N–H and O–H groups in total. The fourth-order valence-corrected chi connectivity index (χ4v) is 2.59. The minimum atomic E-state index is 0.492. The molecular formula is C17H23NO. The monoisotopic (exact) mass is 257 g/mol. The van der Waals surface area contributed by atoms with Gasteiger partial charge in [0.2, 0.25) is 0 Å². The van der Waals surface area contributed by atoms with Crippen LogP contribution in [0.2, 0.25) is 0 Å². The van der Waals surface area contributed by atoms with Gasteiger partial charge in [-0.3, -0.25) is 0 Å². The lowest BCUT2D eigenvalue weighted by atomic mass is 9.98. The van der Waals surface area contributed by atoms with Crippen LogP contribution < -0.4 is 5.32 Å². The molecule has 1 aromatic carbocycles. The molecule has 19 heavy (non-hydrogen) atoms. The highest BCUT2D eigenvalue weighted by atomic mass is 16.3. The molecule has 0 bridgehead atoms. The highest BCUT2D eigenvalue weighted by Crippen LogP contribution is 2.14. The van der Waals surface area contributed by atoms with E-state index in [4.69, 9.17) is 4.42 Å². The van der Waals surface area contributed by atoms with Crippen molar-refractivity contribution in [1.29, 1.82) is 0 Å². The van der Waals surface area contributed by atoms with E-state index in [1.807, 2.05) is 19.2 Å². The number of hydrogen-bond acceptors (Lipinski definition) is 2. The van der Waals surface area contributed by atoms with E-state index in [2.05, 4.69) is 37.4 Å². The maximum absolute atomic E-state index is 5.39. The first-order valence-electron chi connectivity index (χ1n) is 6.94. The largest absolute Gasteiger partial charge is 0.469 e. The van der Waals surface area contributed by atoms with Crippen molar-refractivity contribution >= 4 is 0 Å². The third-order valence-electron chi connectivity index (χ3n) is 3.49. The molecule has 1 atom stereocenters. The molecule has 0 saturated heterocycles. The molecule has 0 spiro atoms. The predicted molar refractivity (Wildman–Crippen MR) is 79.5 cm³/mol. The van der Waals surface area contributed by atoms with Crippen LogP contribution in [0.5, 0.6) is 0 Å². The number of aryl methyl sites for hydroxylation is 3. The fourth-order valence-electron chi connectivity index (χ4n) is 2.59. The molecule has 102 valence electrons. The zero-order valence-electron chi connectivity index (χ0n) is 12.1. The van der Waals surface area contributed by atoms with Gasteiger partial charge >= 0.3 is 0 Å². The summed E-state index contributed by atoms with van der Waals surface area (Å²) >= 11 is 0. The summed E-state index contributed by atoms with van der Waals surface area (Å²) in [5, 5.41) is 3.41. The number of hydrogen-bond donors (Lipinski definition) is 1. The molecule has 0 aliphatic carbocycles. The number of likely N-dealkylation sites (N-methyl/N-ethyl adjacent to an activating group) is 1. The molecule has 1 unspecified atom stereocenters. The third kappa shape index (κ3) is 4.25. The van der Waals surface area contributed by atoms with Crippen molar-refractivity contribution in [2.45, 2.75) is 39.2 Å². The number of rotatable bonds is 6. The van der Waals surface area contributed by atoms with Crippen molar-refractivity contribution in [3.63, 3.8) is 0 Å². The van der Waals surface area contributed by atoms with Gasteiger partial charge in [-0.15, -0.1) is 0 Å². The summed E-state index contributed by atoms with van der Waals surface area (Å²) in [6.07, 6.45) is 4.90. The van der Waals surface area contributed by atoms with Crippen LogP contribution in [0, 0.1) is 13.8 Å². The summed E-state index contributed by atoms with van der Waals surface area (Å²) in [7, 11) is 2.04. The molecule has 0 saturated carbocycles. The van der Waals surface area contributed by atoms with Crippen molar-refractivity contribution < 1.29 is 4.42 Å². The Morgan fingerprint density at radius 1 is 1.16 bits per heavy atom. The minimum Gasteiger partial charge on any atom is -0.469 e. The van der Waals surface area contributed by atoms with Crippen LogP contribution in [0.4, 0.5) is 0 Å². The third-order valence-corrected chi connectivity index (χ3v) is 3.49. The molecular weight excluding hydrogens is 234 g/mol. The van der Waals surface area contributed by atoms with Crippen molar-refractivity contribution in [1.82, 2.24) is 5.32 Å². The van der Waals surface area contributed by atoms with E-state index < -0.39 is 0 Å².